The summed E-state index contributed by atoms with van der Waals surface area (Å²) in [6, 6.07) is 24.1. The van der Waals surface area contributed by atoms with E-state index < -0.39 is 0 Å². The Bertz CT molecular complexity index is 956. The molecular weight excluding hydrogens is 378 g/mol. The molecule has 3 aromatic rings. The molecule has 29 heavy (non-hydrogen) atoms. The maximum atomic E-state index is 13.1. The van der Waals surface area contributed by atoms with Crippen LogP contribution in [-0.4, -0.2) is 13.0 Å². The molecule has 0 aliphatic carbocycles. The molecule has 0 aliphatic rings. The van der Waals surface area contributed by atoms with Gasteiger partial charge in [-0.25, -0.2) is 0 Å². The molecule has 4 heteroatoms. The number of hydrogen-bond acceptors (Lipinski definition) is 3. The zero-order valence-electron chi connectivity index (χ0n) is 17.1. The van der Waals surface area contributed by atoms with Crippen LogP contribution in [0, 0.1) is 6.92 Å². The lowest BCUT2D eigenvalue weighted by molar-refractivity contribution is 0.0932. The Balaban J connectivity index is 1.75. The zero-order valence-corrected chi connectivity index (χ0v) is 18.0. The lowest BCUT2D eigenvalue weighted by atomic mass is 10.0. The quantitative estimate of drug-likeness (QED) is 0.455. The molecule has 0 spiro atoms. The van der Waals surface area contributed by atoms with E-state index in [9.17, 15) is 4.79 Å². The van der Waals surface area contributed by atoms with Crippen molar-refractivity contribution in [3.05, 3.63) is 95.1 Å². The average molecular weight is 406 g/mol. The molecule has 3 nitrogen and oxygen atoms in total. The van der Waals surface area contributed by atoms with Crippen LogP contribution >= 0.6 is 11.8 Å². The summed E-state index contributed by atoms with van der Waals surface area (Å²) in [4.78, 5) is 14.1. The number of benzene rings is 3. The van der Waals surface area contributed by atoms with Crippen molar-refractivity contribution >= 4 is 17.7 Å². The number of carbonyl (C=O) groups is 1. The number of rotatable bonds is 8. The first kappa shape index (κ1) is 21.0. The van der Waals surface area contributed by atoms with E-state index >= 15 is 0 Å². The molecule has 1 atom stereocenters. The first-order chi connectivity index (χ1) is 14.1. The second kappa shape index (κ2) is 10.2. The van der Waals surface area contributed by atoms with Crippen LogP contribution in [0.5, 0.6) is 5.75 Å². The second-order valence-corrected chi connectivity index (χ2v) is 7.95. The van der Waals surface area contributed by atoms with Gasteiger partial charge in [0.1, 0.15) is 5.75 Å². The fraction of sp³-hybridized carbons (Fsp3) is 0.240. The molecule has 3 aromatic carbocycles. The number of aryl methyl sites for hydroxylation is 1. The van der Waals surface area contributed by atoms with E-state index in [1.54, 1.807) is 18.9 Å². The molecule has 1 amide bonds. The maximum Gasteiger partial charge on any atom is 0.252 e. The number of nitrogens with one attached hydrogen (secondary N) is 1. The van der Waals surface area contributed by atoms with Crippen LogP contribution in [0.4, 0.5) is 0 Å². The number of amides is 1. The van der Waals surface area contributed by atoms with Gasteiger partial charge in [0.15, 0.2) is 0 Å². The molecule has 3 rings (SSSR count). The number of ether oxygens (including phenoxy) is 1. The first-order valence-electron chi connectivity index (χ1n) is 9.83. The van der Waals surface area contributed by atoms with Gasteiger partial charge in [-0.3, -0.25) is 4.79 Å². The van der Waals surface area contributed by atoms with Crippen LogP contribution in [0.1, 0.15) is 46.4 Å². The van der Waals surface area contributed by atoms with Gasteiger partial charge < -0.3 is 10.1 Å². The lowest BCUT2D eigenvalue weighted by Crippen LogP contribution is -2.28. The number of methoxy groups -OCH3 is 1. The molecule has 1 N–H and O–H groups in total. The lowest BCUT2D eigenvalue weighted by Gasteiger charge is -2.20. The summed E-state index contributed by atoms with van der Waals surface area (Å²) in [7, 11) is 1.67. The van der Waals surface area contributed by atoms with Crippen LogP contribution in [-0.2, 0) is 5.75 Å². The third kappa shape index (κ3) is 5.42. The summed E-state index contributed by atoms with van der Waals surface area (Å²) in [5, 5.41) is 3.21. The molecule has 0 fully saturated rings. The second-order valence-electron chi connectivity index (χ2n) is 6.93. The highest BCUT2D eigenvalue weighted by Crippen LogP contribution is 2.28. The smallest absolute Gasteiger partial charge is 0.252 e. The molecule has 0 saturated carbocycles. The zero-order chi connectivity index (χ0) is 20.6. The van der Waals surface area contributed by atoms with Gasteiger partial charge in [0.2, 0.25) is 0 Å². The van der Waals surface area contributed by atoms with Crippen molar-refractivity contribution in [1.82, 2.24) is 5.32 Å². The topological polar surface area (TPSA) is 38.3 Å². The molecule has 0 aromatic heterocycles. The average Bonchev–Trinajstić information content (AvgIpc) is 2.76. The van der Waals surface area contributed by atoms with Crippen LogP contribution in [0.15, 0.2) is 77.7 Å². The van der Waals surface area contributed by atoms with Crippen molar-refractivity contribution in [2.24, 2.45) is 0 Å². The van der Waals surface area contributed by atoms with Crippen LogP contribution in [0.2, 0.25) is 0 Å². The van der Waals surface area contributed by atoms with Gasteiger partial charge in [0, 0.05) is 10.6 Å². The van der Waals surface area contributed by atoms with Gasteiger partial charge in [-0.1, -0.05) is 61.5 Å². The van der Waals surface area contributed by atoms with Gasteiger partial charge in [-0.05, 0) is 48.2 Å². The summed E-state index contributed by atoms with van der Waals surface area (Å²) in [6.07, 6.45) is 0.816. The molecule has 0 saturated heterocycles. The predicted octanol–water partition coefficient (Wildman–Crippen LogP) is 6.18. The van der Waals surface area contributed by atoms with E-state index in [0.29, 0.717) is 0 Å². The Hall–Kier alpha value is -2.72. The number of carbonyl (C=O) groups excluding carboxylic acids is 1. The molecule has 0 aliphatic heterocycles. The van der Waals surface area contributed by atoms with Gasteiger partial charge in [0.25, 0.3) is 5.91 Å². The Labute approximate surface area is 177 Å². The van der Waals surface area contributed by atoms with Gasteiger partial charge in [-0.15, -0.1) is 11.8 Å². The van der Waals surface area contributed by atoms with Crippen LogP contribution in [0.3, 0.4) is 0 Å². The number of thioether (sulfide) groups is 1. The van der Waals surface area contributed by atoms with Crippen LogP contribution in [0.25, 0.3) is 0 Å². The first-order valence-corrected chi connectivity index (χ1v) is 10.8. The fourth-order valence-corrected chi connectivity index (χ4v) is 4.30. The highest BCUT2D eigenvalue weighted by atomic mass is 32.2. The molecule has 150 valence electrons. The van der Waals surface area contributed by atoms with E-state index in [2.05, 4.69) is 30.4 Å². The monoisotopic (exact) mass is 405 g/mol. The standard InChI is InChI=1S/C25H27NO2S/c1-4-22(20-14-15-23(28-3)18(2)16-20)26-25(27)21-12-8-9-13-24(21)29-17-19-10-6-5-7-11-19/h5-16,22H,4,17H2,1-3H3,(H,26,27)/t22-/m0/s1. The highest BCUT2D eigenvalue weighted by Gasteiger charge is 2.17. The Kier molecular flexibility index (Phi) is 7.36. The Morgan fingerprint density at radius 2 is 1.76 bits per heavy atom. The minimum Gasteiger partial charge on any atom is -0.496 e. The largest absolute Gasteiger partial charge is 0.496 e. The van der Waals surface area contributed by atoms with Crippen molar-refractivity contribution in [2.75, 3.05) is 7.11 Å². The van der Waals surface area contributed by atoms with E-state index in [-0.39, 0.29) is 11.9 Å². The van der Waals surface area contributed by atoms with Crippen molar-refractivity contribution < 1.29 is 9.53 Å². The van der Waals surface area contributed by atoms with Gasteiger partial charge >= 0.3 is 0 Å². The van der Waals surface area contributed by atoms with Crippen molar-refractivity contribution in [1.29, 1.82) is 0 Å². The fourth-order valence-electron chi connectivity index (χ4n) is 3.29. The third-order valence-corrected chi connectivity index (χ3v) is 6.05. The van der Waals surface area contributed by atoms with E-state index in [4.69, 9.17) is 4.74 Å². The summed E-state index contributed by atoms with van der Waals surface area (Å²) in [5.74, 6) is 1.65. The highest BCUT2D eigenvalue weighted by molar-refractivity contribution is 7.98. The van der Waals surface area contributed by atoms with Crippen molar-refractivity contribution in [2.45, 2.75) is 37.0 Å². The van der Waals surface area contributed by atoms with Crippen LogP contribution < -0.4 is 10.1 Å². The Morgan fingerprint density at radius 1 is 1.03 bits per heavy atom. The number of hydrogen-bond donors (Lipinski definition) is 1. The van der Waals surface area contributed by atoms with E-state index in [1.807, 2.05) is 61.5 Å². The minimum atomic E-state index is -0.0423. The molecule has 0 unspecified atom stereocenters. The maximum absolute atomic E-state index is 13.1. The van der Waals surface area contributed by atoms with E-state index in [1.165, 1.54) is 5.56 Å². The van der Waals surface area contributed by atoms with Crippen molar-refractivity contribution in [3.8, 4) is 5.75 Å². The minimum absolute atomic E-state index is 0.0403. The third-order valence-electron chi connectivity index (χ3n) is 4.90. The molecule has 0 heterocycles. The summed E-state index contributed by atoms with van der Waals surface area (Å²) >= 11 is 1.69. The molecule has 0 bridgehead atoms. The normalized spacial score (nSPS) is 11.7. The summed E-state index contributed by atoms with van der Waals surface area (Å²) in [5.41, 5.74) is 4.12. The van der Waals surface area contributed by atoms with Gasteiger partial charge in [-0.2, -0.15) is 0 Å². The van der Waals surface area contributed by atoms with Gasteiger partial charge in [0.05, 0.1) is 18.7 Å². The SMILES string of the molecule is CC[C@H](NC(=O)c1ccccc1SCc1ccccc1)c1ccc(OC)c(C)c1. The molecular formula is C25H27NO2S. The van der Waals surface area contributed by atoms with Crippen molar-refractivity contribution in [3.63, 3.8) is 0 Å². The summed E-state index contributed by atoms with van der Waals surface area (Å²) < 4.78 is 5.35. The Morgan fingerprint density at radius 3 is 2.45 bits per heavy atom. The van der Waals surface area contributed by atoms with E-state index in [0.717, 1.165) is 39.5 Å². The summed E-state index contributed by atoms with van der Waals surface area (Å²) in [6.45, 7) is 4.10. The molecule has 0 radical (unpaired) electrons. The predicted molar refractivity (Wildman–Crippen MR) is 121 cm³/mol.